The summed E-state index contributed by atoms with van der Waals surface area (Å²) in [7, 11) is 0. The molecule has 0 bridgehead atoms. The third kappa shape index (κ3) is 17.6. The smallest absolute Gasteiger partial charge is 0.419 e. The van der Waals surface area contributed by atoms with E-state index in [-0.39, 0.29) is 163 Å². The lowest BCUT2D eigenvalue weighted by Gasteiger charge is -2.11. The number of alkyl halides is 6. The molecule has 4 saturated carbocycles. The zero-order chi connectivity index (χ0) is 88.6. The largest absolute Gasteiger partial charge is 0.489 e. The average Bonchev–Trinajstić information content (AvgIpc) is 1.57. The first-order chi connectivity index (χ1) is 61.7. The van der Waals surface area contributed by atoms with Crippen molar-refractivity contribution in [2.75, 3.05) is 0 Å². The summed E-state index contributed by atoms with van der Waals surface area (Å²) in [4.78, 5) is 88.4. The molecule has 4 aliphatic carbocycles. The molecule has 128 heavy (non-hydrogen) atoms. The predicted molar refractivity (Wildman–Crippen MR) is 429 cm³/mol. The van der Waals surface area contributed by atoms with Crippen LogP contribution in [-0.4, -0.2) is 97.4 Å². The molecule has 648 valence electrons. The van der Waals surface area contributed by atoms with Gasteiger partial charge >= 0.3 is 12.4 Å². The number of ether oxygens (including phenoxy) is 8. The molecule has 6 aromatic heterocycles. The van der Waals surface area contributed by atoms with Crippen LogP contribution in [0.4, 0.5) is 52.7 Å². The quantitative estimate of drug-likeness (QED) is 0.0420. The minimum Gasteiger partial charge on any atom is -0.489 e. The number of imidazole rings is 2. The van der Waals surface area contributed by atoms with E-state index in [1.165, 1.54) is 43.5 Å². The van der Waals surface area contributed by atoms with E-state index in [9.17, 15) is 71.9 Å². The second-order valence-electron chi connectivity index (χ2n) is 32.0. The van der Waals surface area contributed by atoms with Gasteiger partial charge in [-0.05, 0) is 150 Å². The number of H-pyrrole nitrogens is 2. The topological polar surface area (TPSA) is 277 Å². The first-order valence-corrected chi connectivity index (χ1v) is 40.4. The number of Topliss-reactive ketones (excluding diaryl/α,β-unsaturated/α-hetero) is 4. The molecule has 22 nitrogen and oxygen atoms in total. The van der Waals surface area contributed by atoms with Crippen molar-refractivity contribution in [3.05, 3.63) is 310 Å². The second-order valence-corrected chi connectivity index (χ2v) is 32.0. The van der Waals surface area contributed by atoms with E-state index in [0.717, 1.165) is 75.9 Å². The molecule has 2 N–H and O–H groups in total. The Labute approximate surface area is 717 Å². The van der Waals surface area contributed by atoms with Crippen molar-refractivity contribution in [1.82, 2.24) is 49.8 Å². The summed E-state index contributed by atoms with van der Waals surface area (Å²) < 4.78 is 205. The summed E-state index contributed by atoms with van der Waals surface area (Å²) in [6.45, 7) is 0. The third-order valence-electron chi connectivity index (χ3n) is 23.5. The number of halogens is 12. The van der Waals surface area contributed by atoms with Gasteiger partial charge in [-0.1, -0.05) is 30.3 Å². The monoisotopic (exact) mass is 1750 g/mol. The first kappa shape index (κ1) is 83.0. The number of pyridine rings is 2. The zero-order valence-electron chi connectivity index (χ0n) is 66.4. The third-order valence-corrected chi connectivity index (χ3v) is 23.5. The van der Waals surface area contributed by atoms with Gasteiger partial charge in [0, 0.05) is 158 Å². The molecule has 0 spiro atoms. The number of hydrogen-bond acceptors (Lipinski definition) is 20. The van der Waals surface area contributed by atoms with Crippen LogP contribution in [0.1, 0.15) is 105 Å². The van der Waals surface area contributed by atoms with E-state index in [1.807, 2.05) is 54.6 Å². The Kier molecular flexibility index (Phi) is 21.9. The molecule has 4 aliphatic heterocycles. The van der Waals surface area contributed by atoms with Crippen LogP contribution < -0.4 is 37.9 Å². The molecule has 8 aromatic carbocycles. The summed E-state index contributed by atoms with van der Waals surface area (Å²) in [5, 5.41) is 0. The summed E-state index contributed by atoms with van der Waals surface area (Å²) >= 11 is 0. The molecule has 0 unspecified atom stereocenters. The molecule has 14 aromatic rings. The van der Waals surface area contributed by atoms with Crippen LogP contribution in [0.3, 0.4) is 0 Å². The van der Waals surface area contributed by atoms with Gasteiger partial charge in [0.1, 0.15) is 152 Å². The number of rotatable bonds is 24. The highest BCUT2D eigenvalue weighted by Crippen LogP contribution is 2.64. The van der Waals surface area contributed by atoms with Crippen molar-refractivity contribution in [3.63, 3.8) is 0 Å². The number of fused-ring (bicyclic) bond motifs is 14. The van der Waals surface area contributed by atoms with Gasteiger partial charge in [0.25, 0.3) is 0 Å². The van der Waals surface area contributed by atoms with E-state index in [1.54, 1.807) is 73.3 Å². The SMILES string of the molecule is O=C(Cc1cc(F)c(F)cc1F)C[C@@H]1[C@H]2Oc3ccc(Oc4ccncc4)cc3[C@@H]12.O=C(Cc1ccc(F)c(C(F)(F)F)c1)C[C@@H]1[C@H]2Oc3ccc(Oc4ncnc5nc[nH]c45)cc3[C@@H]12.O=C(Cc1ccc(F)cc1F)C[C@@H]1[C@H]2Oc3ccc(Oc4ncnc5nc[nH]c45)cc3[C@@H]12.O=C(Cc1cccc(C(F)(F)F)c1)C[C@@H]1[C@H]2Oc3ccc(Oc4ccncc4)cc3[C@@H]12. The fourth-order valence-electron chi connectivity index (χ4n) is 17.3. The van der Waals surface area contributed by atoms with Gasteiger partial charge < -0.3 is 47.9 Å². The molecular formula is C94H66F12N10O12. The maximum absolute atomic E-state index is 13.8. The summed E-state index contributed by atoms with van der Waals surface area (Å²) in [6.07, 6.45) is 3.03. The highest BCUT2D eigenvalue weighted by atomic mass is 19.4. The minimum atomic E-state index is -4.82. The molecule has 10 heterocycles. The fourth-order valence-corrected chi connectivity index (χ4v) is 17.3. The molecule has 34 heteroatoms. The highest BCUT2D eigenvalue weighted by molar-refractivity contribution is 5.85. The summed E-state index contributed by atoms with van der Waals surface area (Å²) in [5.41, 5.74) is 4.48. The van der Waals surface area contributed by atoms with Crippen LogP contribution in [0.25, 0.3) is 22.3 Å². The molecule has 0 radical (unpaired) electrons. The van der Waals surface area contributed by atoms with Gasteiger partial charge in [0.05, 0.1) is 23.8 Å². The number of carbonyl (C=O) groups excluding carboxylic acids is 4. The minimum absolute atomic E-state index is 0.00553. The standard InChI is InChI=1S/C24H16F4N4O3.C24H18F3NO3.C23H16F3NO3.C23H16F2N4O3/c25-17-3-1-11(6-16(17)24(26,27)28)5-12(33)7-15-19-14-8-13(2-4-18(14)35-21(15)19)34-23-20-22(30-9-29-20)31-10-32-23;25-24(26,27)15-3-1-2-14(10-15)11-16(29)12-20-22-19-13-18(4-5-21(19)31-23(20)22)30-17-6-8-28-9-7-17;24-18-11-20(26)19(25)8-12(18)7-13(28)9-17-22-16-10-15(1-2-21(16)30-23(17)22)29-14-3-5-27-6-4-14;24-12-2-1-11(17(25)6-12)5-13(30)7-16-19-15-8-14(3-4-18(15)32-21(16)19)31-23-20-22(27-9-26-20)28-10-29-23/h1-4,6,8-10,15,19,21H,5,7H2,(H,29,30,31,32);1-10,13,20,22-23H,11-12H2;1-6,8,10-11,17,22-23H,7,9H2;1-4,6,8-10,16,19,21H,5,7H2,(H,26,27,28,29)/t15-,19-,21+;20-,22-,23+;17-,22-,23+;16-,19-,21+/m0000/s1. The number of nitrogens with one attached hydrogen (secondary N) is 2. The van der Waals surface area contributed by atoms with Crippen LogP contribution in [0.15, 0.2) is 220 Å². The Hall–Kier alpha value is -14.6. The zero-order valence-corrected chi connectivity index (χ0v) is 66.4. The Morgan fingerprint density at radius 3 is 1.19 bits per heavy atom. The average molecular weight is 1760 g/mol. The number of benzene rings is 8. The maximum atomic E-state index is 13.8. The van der Waals surface area contributed by atoms with Gasteiger partial charge in [0.2, 0.25) is 11.8 Å². The number of aromatic nitrogens is 10. The van der Waals surface area contributed by atoms with Crippen LogP contribution in [-0.2, 0) is 57.2 Å². The molecule has 0 amide bonds. The van der Waals surface area contributed by atoms with E-state index >= 15 is 0 Å². The van der Waals surface area contributed by atoms with Crippen molar-refractivity contribution in [2.24, 2.45) is 23.7 Å². The van der Waals surface area contributed by atoms with Crippen molar-refractivity contribution >= 4 is 45.5 Å². The van der Waals surface area contributed by atoms with Gasteiger partial charge in [-0.2, -0.15) is 36.3 Å². The van der Waals surface area contributed by atoms with E-state index < -0.39 is 58.4 Å². The Morgan fingerprint density at radius 2 is 0.758 bits per heavy atom. The van der Waals surface area contributed by atoms with Gasteiger partial charge in [-0.3, -0.25) is 29.1 Å². The van der Waals surface area contributed by atoms with Gasteiger partial charge in [0.15, 0.2) is 22.9 Å². The van der Waals surface area contributed by atoms with E-state index in [2.05, 4.69) is 49.8 Å². The molecule has 0 saturated heterocycles. The normalized spacial score (nSPS) is 20.7. The van der Waals surface area contributed by atoms with Crippen LogP contribution in [0.5, 0.6) is 69.3 Å². The fraction of sp³-hybridized carbons (Fsp3) is 0.234. The van der Waals surface area contributed by atoms with Crippen molar-refractivity contribution in [3.8, 4) is 69.3 Å². The number of hydrogen-bond donors (Lipinski definition) is 2. The second kappa shape index (κ2) is 33.7. The Morgan fingerprint density at radius 1 is 0.352 bits per heavy atom. The molecule has 8 aliphatic rings. The number of nitrogens with zero attached hydrogens (tertiary/aromatic N) is 8. The number of aromatic amines is 2. The van der Waals surface area contributed by atoms with Crippen molar-refractivity contribution < 1.29 is 110 Å². The summed E-state index contributed by atoms with van der Waals surface area (Å²) in [6, 6.07) is 41.2. The highest BCUT2D eigenvalue weighted by Gasteiger charge is 2.62. The van der Waals surface area contributed by atoms with E-state index in [0.29, 0.717) is 92.0 Å². The lowest BCUT2D eigenvalue weighted by atomic mass is 10.00. The van der Waals surface area contributed by atoms with Crippen LogP contribution in [0, 0.1) is 58.6 Å². The molecule has 22 rings (SSSR count). The van der Waals surface area contributed by atoms with Crippen molar-refractivity contribution in [2.45, 2.75) is 112 Å². The lowest BCUT2D eigenvalue weighted by molar-refractivity contribution is -0.140. The van der Waals surface area contributed by atoms with E-state index in [4.69, 9.17) is 37.9 Å². The first-order valence-electron chi connectivity index (χ1n) is 40.4. The predicted octanol–water partition coefficient (Wildman–Crippen LogP) is 19.6. The van der Waals surface area contributed by atoms with Gasteiger partial charge in [-0.25, -0.2) is 46.3 Å². The van der Waals surface area contributed by atoms with Gasteiger partial charge in [-0.15, -0.1) is 0 Å². The summed E-state index contributed by atoms with van der Waals surface area (Å²) in [5.74, 6) is 1.04. The Bertz CT molecular complexity index is 6690. The van der Waals surface area contributed by atoms with Crippen LogP contribution in [0.2, 0.25) is 0 Å². The molecule has 4 fully saturated rings. The number of ketones is 4. The number of carbonyl (C=O) groups is 4. The maximum Gasteiger partial charge on any atom is 0.419 e. The van der Waals surface area contributed by atoms with Crippen molar-refractivity contribution in [1.29, 1.82) is 0 Å². The van der Waals surface area contributed by atoms with Crippen LogP contribution >= 0.6 is 0 Å². The lowest BCUT2D eigenvalue weighted by Crippen LogP contribution is -2.11. The Balaban J connectivity index is 0.000000111. The molecule has 12 atom stereocenters. The molecular weight excluding hydrogens is 1690 g/mol.